The highest BCUT2D eigenvalue weighted by molar-refractivity contribution is 5.92. The number of carbonyl (C=O) groups is 1. The number of hydrogen-bond donors (Lipinski definition) is 1. The molecule has 1 aliphatic heterocycles. The smallest absolute Gasteiger partial charge is 0.274 e. The highest BCUT2D eigenvalue weighted by Crippen LogP contribution is 2.20. The molecule has 1 saturated heterocycles. The molecular weight excluding hydrogens is 320 g/mol. The lowest BCUT2D eigenvalue weighted by Crippen LogP contribution is -2.48. The van der Waals surface area contributed by atoms with Crippen LogP contribution in [0.25, 0.3) is 0 Å². The van der Waals surface area contributed by atoms with Crippen molar-refractivity contribution < 1.29 is 14.3 Å². The van der Waals surface area contributed by atoms with Gasteiger partial charge in [-0.1, -0.05) is 13.0 Å². The second-order valence-electron chi connectivity index (χ2n) is 5.97. The molecule has 0 aliphatic carbocycles. The summed E-state index contributed by atoms with van der Waals surface area (Å²) in [4.78, 5) is 16.7. The van der Waals surface area contributed by atoms with Crippen molar-refractivity contribution in [3.8, 4) is 11.5 Å². The molecule has 7 nitrogen and oxygen atoms in total. The predicted molar refractivity (Wildman–Crippen MR) is 93.9 cm³/mol. The van der Waals surface area contributed by atoms with Gasteiger partial charge < -0.3 is 19.3 Å². The van der Waals surface area contributed by atoms with E-state index < -0.39 is 0 Å². The van der Waals surface area contributed by atoms with Gasteiger partial charge in [-0.3, -0.25) is 9.89 Å². The number of carbonyl (C=O) groups excluding carboxylic acids is 1. The Kier molecular flexibility index (Phi) is 5.55. The maximum atomic E-state index is 12.5. The molecule has 134 valence electrons. The van der Waals surface area contributed by atoms with Gasteiger partial charge in [0.05, 0.1) is 12.8 Å². The molecule has 0 radical (unpaired) electrons. The summed E-state index contributed by atoms with van der Waals surface area (Å²) in [5.74, 6) is 1.42. The molecule has 1 fully saturated rings. The molecule has 2 heterocycles. The summed E-state index contributed by atoms with van der Waals surface area (Å²) in [6.07, 6.45) is 0. The number of aromatic amines is 1. The molecule has 25 heavy (non-hydrogen) atoms. The Morgan fingerprint density at radius 2 is 1.96 bits per heavy atom. The van der Waals surface area contributed by atoms with Gasteiger partial charge in [-0.05, 0) is 24.7 Å². The number of ether oxygens (including phenoxy) is 2. The van der Waals surface area contributed by atoms with Crippen molar-refractivity contribution in [1.29, 1.82) is 0 Å². The van der Waals surface area contributed by atoms with Crippen LogP contribution in [0.3, 0.4) is 0 Å². The number of benzene rings is 1. The highest BCUT2D eigenvalue weighted by atomic mass is 16.5. The summed E-state index contributed by atoms with van der Waals surface area (Å²) in [6.45, 7) is 6.80. The van der Waals surface area contributed by atoms with Crippen molar-refractivity contribution in [1.82, 2.24) is 20.0 Å². The lowest BCUT2D eigenvalue weighted by atomic mass is 10.2. The average molecular weight is 344 g/mol. The van der Waals surface area contributed by atoms with E-state index in [0.29, 0.717) is 18.1 Å². The zero-order chi connectivity index (χ0) is 17.6. The molecule has 0 bridgehead atoms. The molecule has 1 aliphatic rings. The van der Waals surface area contributed by atoms with E-state index in [2.05, 4.69) is 22.0 Å². The Labute approximate surface area is 147 Å². The number of H-pyrrole nitrogens is 1. The van der Waals surface area contributed by atoms with Gasteiger partial charge >= 0.3 is 0 Å². The second-order valence-corrected chi connectivity index (χ2v) is 5.97. The van der Waals surface area contributed by atoms with Gasteiger partial charge in [-0.15, -0.1) is 0 Å². The molecule has 7 heteroatoms. The number of hydrogen-bond acceptors (Lipinski definition) is 5. The molecule has 1 aromatic heterocycles. The summed E-state index contributed by atoms with van der Waals surface area (Å²) in [5, 5.41) is 7.02. The number of likely N-dealkylation sites (N-methyl/N-ethyl adjacent to an activating group) is 1. The van der Waals surface area contributed by atoms with E-state index in [1.807, 2.05) is 29.2 Å². The van der Waals surface area contributed by atoms with E-state index in [9.17, 15) is 4.79 Å². The summed E-state index contributed by atoms with van der Waals surface area (Å²) >= 11 is 0. The first-order valence-electron chi connectivity index (χ1n) is 8.52. The molecule has 0 atom stereocenters. The summed E-state index contributed by atoms with van der Waals surface area (Å²) in [5.41, 5.74) is 1.20. The Morgan fingerprint density at radius 1 is 1.20 bits per heavy atom. The number of aromatic nitrogens is 2. The zero-order valence-electron chi connectivity index (χ0n) is 14.7. The van der Waals surface area contributed by atoms with E-state index in [-0.39, 0.29) is 5.91 Å². The number of amides is 1. The van der Waals surface area contributed by atoms with E-state index in [0.717, 1.165) is 44.2 Å². The van der Waals surface area contributed by atoms with Crippen molar-refractivity contribution in [2.75, 3.05) is 39.8 Å². The third kappa shape index (κ3) is 4.30. The molecule has 1 N–H and O–H groups in total. The molecule has 2 aromatic rings. The highest BCUT2D eigenvalue weighted by Gasteiger charge is 2.23. The first kappa shape index (κ1) is 17.3. The molecule has 3 rings (SSSR count). The van der Waals surface area contributed by atoms with Gasteiger partial charge in [0, 0.05) is 32.2 Å². The first-order valence-corrected chi connectivity index (χ1v) is 8.52. The number of piperazine rings is 1. The monoisotopic (exact) mass is 344 g/mol. The van der Waals surface area contributed by atoms with Gasteiger partial charge in [0.25, 0.3) is 5.91 Å². The second kappa shape index (κ2) is 8.02. The number of methoxy groups -OCH3 is 1. The fraction of sp³-hybridized carbons (Fsp3) is 0.444. The SMILES string of the molecule is CCN1CCN(C(=O)c2cc(COc3cccc(OC)c3)[nH]n2)CC1. The largest absolute Gasteiger partial charge is 0.497 e. The van der Waals surface area contributed by atoms with Crippen LogP contribution in [-0.2, 0) is 6.61 Å². The van der Waals surface area contributed by atoms with Crippen LogP contribution >= 0.6 is 0 Å². The van der Waals surface area contributed by atoms with Gasteiger partial charge in [-0.2, -0.15) is 5.10 Å². The number of rotatable bonds is 6. The van der Waals surface area contributed by atoms with Crippen LogP contribution in [0.2, 0.25) is 0 Å². The van der Waals surface area contributed by atoms with Crippen molar-refractivity contribution in [2.45, 2.75) is 13.5 Å². The Balaban J connectivity index is 1.56. The normalized spacial score (nSPS) is 15.2. The van der Waals surface area contributed by atoms with E-state index in [1.165, 1.54) is 0 Å². The molecular formula is C18H24N4O3. The molecule has 0 spiro atoms. The molecule has 1 amide bonds. The third-order valence-electron chi connectivity index (χ3n) is 4.39. The van der Waals surface area contributed by atoms with Crippen LogP contribution in [0.4, 0.5) is 0 Å². The average Bonchev–Trinajstić information content (AvgIpc) is 3.15. The van der Waals surface area contributed by atoms with Crippen LogP contribution < -0.4 is 9.47 Å². The van der Waals surface area contributed by atoms with Gasteiger partial charge in [0.15, 0.2) is 5.69 Å². The summed E-state index contributed by atoms with van der Waals surface area (Å²) in [7, 11) is 1.62. The summed E-state index contributed by atoms with van der Waals surface area (Å²) < 4.78 is 10.9. The lowest BCUT2D eigenvalue weighted by Gasteiger charge is -2.33. The van der Waals surface area contributed by atoms with Crippen molar-refractivity contribution in [3.63, 3.8) is 0 Å². The van der Waals surface area contributed by atoms with Crippen LogP contribution in [-0.4, -0.2) is 65.7 Å². The predicted octanol–water partition coefficient (Wildman–Crippen LogP) is 1.77. The Bertz CT molecular complexity index is 708. The van der Waals surface area contributed by atoms with Crippen LogP contribution in [0.5, 0.6) is 11.5 Å². The quantitative estimate of drug-likeness (QED) is 0.865. The maximum absolute atomic E-state index is 12.5. The van der Waals surface area contributed by atoms with E-state index >= 15 is 0 Å². The van der Waals surface area contributed by atoms with Crippen molar-refractivity contribution in [2.24, 2.45) is 0 Å². The minimum atomic E-state index is -0.0281. The Morgan fingerprint density at radius 3 is 2.68 bits per heavy atom. The zero-order valence-corrected chi connectivity index (χ0v) is 14.7. The number of nitrogens with one attached hydrogen (secondary N) is 1. The minimum absolute atomic E-state index is 0.0281. The van der Waals surface area contributed by atoms with E-state index in [4.69, 9.17) is 9.47 Å². The summed E-state index contributed by atoms with van der Waals surface area (Å²) in [6, 6.07) is 9.16. The van der Waals surface area contributed by atoms with Crippen molar-refractivity contribution >= 4 is 5.91 Å². The van der Waals surface area contributed by atoms with Gasteiger partial charge in [0.1, 0.15) is 18.1 Å². The minimum Gasteiger partial charge on any atom is -0.497 e. The van der Waals surface area contributed by atoms with Crippen LogP contribution in [0.1, 0.15) is 23.1 Å². The number of nitrogens with zero attached hydrogens (tertiary/aromatic N) is 3. The van der Waals surface area contributed by atoms with Gasteiger partial charge in [0.2, 0.25) is 0 Å². The van der Waals surface area contributed by atoms with Crippen molar-refractivity contribution in [3.05, 3.63) is 41.7 Å². The lowest BCUT2D eigenvalue weighted by molar-refractivity contribution is 0.0637. The van der Waals surface area contributed by atoms with Crippen LogP contribution in [0.15, 0.2) is 30.3 Å². The molecule has 1 aromatic carbocycles. The standard InChI is InChI=1S/C18H24N4O3/c1-3-21-7-9-22(10-8-21)18(23)17-11-14(19-20-17)13-25-16-6-4-5-15(12-16)24-2/h4-6,11-12H,3,7-10,13H2,1-2H3,(H,19,20). The molecule has 0 unspecified atom stereocenters. The fourth-order valence-electron chi connectivity index (χ4n) is 2.83. The van der Waals surface area contributed by atoms with Crippen LogP contribution in [0, 0.1) is 0 Å². The third-order valence-corrected chi connectivity index (χ3v) is 4.39. The first-order chi connectivity index (χ1) is 12.2. The van der Waals surface area contributed by atoms with E-state index in [1.54, 1.807) is 13.2 Å². The Hall–Kier alpha value is -2.54. The van der Waals surface area contributed by atoms with Gasteiger partial charge in [-0.25, -0.2) is 0 Å². The fourth-order valence-corrected chi connectivity index (χ4v) is 2.83. The topological polar surface area (TPSA) is 70.7 Å². The molecule has 0 saturated carbocycles. The maximum Gasteiger partial charge on any atom is 0.274 e.